The van der Waals surface area contributed by atoms with Crippen LogP contribution < -0.4 is 0 Å². The third-order valence-corrected chi connectivity index (χ3v) is 17.0. The van der Waals surface area contributed by atoms with Gasteiger partial charge in [0.15, 0.2) is 0 Å². The minimum Gasteiger partial charge on any atom is -0.148 e. The van der Waals surface area contributed by atoms with Crippen LogP contribution in [0.3, 0.4) is 0 Å². The molecule has 256 valence electrons. The van der Waals surface area contributed by atoms with E-state index in [4.69, 9.17) is 12.6 Å². The number of benzene rings is 1. The molecule has 0 saturated carbocycles. The molecule has 0 bridgehead atoms. The van der Waals surface area contributed by atoms with Crippen LogP contribution in [0.1, 0.15) is 95.2 Å². The fraction of sp³-hybridized carbons (Fsp3) is 0.450. The van der Waals surface area contributed by atoms with Gasteiger partial charge in [-0.05, 0) is 97.2 Å². The van der Waals surface area contributed by atoms with Crippen LogP contribution in [0.25, 0.3) is 54.8 Å². The van der Waals surface area contributed by atoms with Crippen molar-refractivity contribution in [2.75, 3.05) is 0 Å². The molecule has 0 saturated heterocycles. The summed E-state index contributed by atoms with van der Waals surface area (Å²) in [6, 6.07) is 14.5. The fourth-order valence-corrected chi connectivity index (χ4v) is 13.6. The van der Waals surface area contributed by atoms with Gasteiger partial charge in [0, 0.05) is 49.1 Å². The van der Waals surface area contributed by atoms with E-state index < -0.39 is 0 Å². The minimum atomic E-state index is 0.753. The number of hydrogen-bond acceptors (Lipinski definition) is 6. The molecule has 1 aromatic carbocycles. The summed E-state index contributed by atoms with van der Waals surface area (Å²) in [4.78, 5) is 6.90. The van der Waals surface area contributed by atoms with Gasteiger partial charge in [0.25, 0.3) is 0 Å². The number of fused-ring (bicyclic) bond motifs is 6. The lowest BCUT2D eigenvalue weighted by molar-refractivity contribution is 0.438. The van der Waals surface area contributed by atoms with Crippen LogP contribution in [0.15, 0.2) is 53.5 Å². The van der Waals surface area contributed by atoms with E-state index in [1.807, 2.05) is 56.7 Å². The molecule has 5 aromatic heterocycles. The number of hydrogen-bond donors (Lipinski definition) is 1. The van der Waals surface area contributed by atoms with Gasteiger partial charge in [-0.3, -0.25) is 0 Å². The number of allylic oxidation sites excluding steroid dienone is 3. The highest BCUT2D eigenvalue weighted by Gasteiger charge is 2.16. The summed E-state index contributed by atoms with van der Waals surface area (Å²) >= 11 is 19.7. The summed E-state index contributed by atoms with van der Waals surface area (Å²) in [7, 11) is 0. The van der Waals surface area contributed by atoms with Crippen molar-refractivity contribution in [3.63, 3.8) is 0 Å². The van der Waals surface area contributed by atoms with Crippen molar-refractivity contribution in [1.82, 2.24) is 0 Å². The molecule has 8 heteroatoms. The standard InChI is InChI=1S/C40H46I2S6/c1-24(2)8-5-9-26(4)15-17-28-18-19-32(44-28)35-23-37-40(48-35)31-21-30-33(22-34(31)47-37)46-36-20-29(45-39(30)36)12-7-11-27(43)16-14-25(3)10-6-13-38(41)42/h7,11-12,18-26,38,43H,5-6,8-10,13-17H2,1-4H3/b12-7+,27-11-. The summed E-state index contributed by atoms with van der Waals surface area (Å²) in [6.45, 7) is 9.50. The fourth-order valence-electron chi connectivity index (χ4n) is 6.37. The summed E-state index contributed by atoms with van der Waals surface area (Å²) in [5, 5.41) is 2.84. The summed E-state index contributed by atoms with van der Waals surface area (Å²) in [6.07, 6.45) is 19.5. The molecule has 5 heterocycles. The van der Waals surface area contributed by atoms with E-state index >= 15 is 0 Å². The van der Waals surface area contributed by atoms with E-state index in [0.717, 1.165) is 26.1 Å². The predicted octanol–water partition coefficient (Wildman–Crippen LogP) is 17.3. The second kappa shape index (κ2) is 17.7. The Bertz CT molecular complexity index is 2010. The molecule has 6 aromatic rings. The highest BCUT2D eigenvalue weighted by Crippen LogP contribution is 2.48. The van der Waals surface area contributed by atoms with Crippen LogP contribution >= 0.6 is 114 Å². The highest BCUT2D eigenvalue weighted by molar-refractivity contribution is 14.2. The normalized spacial score (nSPS) is 14.4. The van der Waals surface area contributed by atoms with E-state index in [1.165, 1.54) is 121 Å². The van der Waals surface area contributed by atoms with Crippen molar-refractivity contribution >= 4 is 160 Å². The Morgan fingerprint density at radius 3 is 2.10 bits per heavy atom. The lowest BCUT2D eigenvalue weighted by Gasteiger charge is -2.11. The zero-order valence-electron chi connectivity index (χ0n) is 28.3. The summed E-state index contributed by atoms with van der Waals surface area (Å²) < 4.78 is 9.30. The molecule has 0 N–H and O–H groups in total. The maximum atomic E-state index is 4.79. The first-order chi connectivity index (χ1) is 23.1. The van der Waals surface area contributed by atoms with Crippen LogP contribution in [0.2, 0.25) is 0 Å². The van der Waals surface area contributed by atoms with Gasteiger partial charge in [0.2, 0.25) is 0 Å². The smallest absolute Gasteiger partial charge is 0.0626 e. The number of halogens is 2. The van der Waals surface area contributed by atoms with E-state index in [0.29, 0.717) is 0 Å². The van der Waals surface area contributed by atoms with Gasteiger partial charge in [0.05, 0.1) is 11.3 Å². The van der Waals surface area contributed by atoms with Gasteiger partial charge in [-0.1, -0.05) is 117 Å². The van der Waals surface area contributed by atoms with Crippen molar-refractivity contribution in [2.24, 2.45) is 17.8 Å². The van der Waals surface area contributed by atoms with E-state index in [9.17, 15) is 0 Å². The minimum absolute atomic E-state index is 0.753. The average molecular weight is 973 g/mol. The monoisotopic (exact) mass is 972 g/mol. The first-order valence-electron chi connectivity index (χ1n) is 17.4. The molecular weight excluding hydrogens is 927 g/mol. The molecule has 6 rings (SSSR count). The molecule has 0 amide bonds. The zero-order valence-corrected chi connectivity index (χ0v) is 37.6. The second-order valence-electron chi connectivity index (χ2n) is 13.9. The van der Waals surface area contributed by atoms with Gasteiger partial charge in [-0.2, -0.15) is 0 Å². The predicted molar refractivity (Wildman–Crippen MR) is 248 cm³/mol. The molecule has 2 atom stereocenters. The second-order valence-corrected chi connectivity index (χ2v) is 25.3. The Hall–Kier alpha value is 0.0500. The lowest BCUT2D eigenvalue weighted by Crippen LogP contribution is -1.98. The van der Waals surface area contributed by atoms with Crippen molar-refractivity contribution in [3.8, 4) is 9.75 Å². The van der Waals surface area contributed by atoms with E-state index in [2.05, 4.69) is 128 Å². The first kappa shape index (κ1) is 37.8. The molecule has 0 aliphatic rings. The lowest BCUT2D eigenvalue weighted by atomic mass is 9.96. The van der Waals surface area contributed by atoms with E-state index in [1.54, 1.807) is 0 Å². The van der Waals surface area contributed by atoms with Gasteiger partial charge < -0.3 is 0 Å². The van der Waals surface area contributed by atoms with E-state index in [-0.39, 0.29) is 0 Å². The molecule has 0 nitrogen and oxygen atoms in total. The topological polar surface area (TPSA) is 0 Å². The largest absolute Gasteiger partial charge is 0.148 e. The van der Waals surface area contributed by atoms with Crippen molar-refractivity contribution < 1.29 is 0 Å². The van der Waals surface area contributed by atoms with Crippen LogP contribution in [0.5, 0.6) is 0 Å². The molecular formula is C40H46I2S6. The third kappa shape index (κ3) is 9.92. The van der Waals surface area contributed by atoms with Crippen molar-refractivity contribution in [3.05, 3.63) is 63.2 Å². The molecule has 48 heavy (non-hydrogen) atoms. The van der Waals surface area contributed by atoms with Crippen LogP contribution in [0.4, 0.5) is 0 Å². The van der Waals surface area contributed by atoms with Crippen LogP contribution in [-0.2, 0) is 6.42 Å². The average Bonchev–Trinajstić information content (AvgIpc) is 3.84. The molecule has 0 aliphatic heterocycles. The SMILES string of the molecule is CC(C)CCCC(C)CCc1ccc(-c2cc3sc4cc5sc6cc(/C=C/C=C(\S)CCC(C)CCCC(I)I)sc6c5cc4c3s2)s1. The molecule has 2 unspecified atom stereocenters. The highest BCUT2D eigenvalue weighted by atomic mass is 127. The summed E-state index contributed by atoms with van der Waals surface area (Å²) in [5.74, 6) is 2.40. The Morgan fingerprint density at radius 1 is 0.688 bits per heavy atom. The van der Waals surface area contributed by atoms with Crippen molar-refractivity contribution in [1.29, 1.82) is 0 Å². The molecule has 0 spiro atoms. The Morgan fingerprint density at radius 2 is 1.38 bits per heavy atom. The van der Waals surface area contributed by atoms with Gasteiger partial charge >= 0.3 is 0 Å². The Labute approximate surface area is 340 Å². The number of aryl methyl sites for hydroxylation is 1. The number of thiol groups is 1. The first-order valence-corrected chi connectivity index (χ1v) is 24.4. The Kier molecular flexibility index (Phi) is 13.9. The third-order valence-electron chi connectivity index (χ3n) is 9.25. The van der Waals surface area contributed by atoms with Crippen molar-refractivity contribution in [2.45, 2.75) is 93.8 Å². The zero-order chi connectivity index (χ0) is 33.8. The number of thiophene rings is 5. The maximum absolute atomic E-state index is 4.79. The van der Waals surface area contributed by atoms with Crippen LogP contribution in [-0.4, -0.2) is 1.93 Å². The Balaban J connectivity index is 1.12. The quantitative estimate of drug-likeness (QED) is 0.0400. The number of rotatable bonds is 17. The molecule has 0 radical (unpaired) electrons. The number of alkyl halides is 2. The molecule has 0 fully saturated rings. The van der Waals surface area contributed by atoms with Crippen LogP contribution in [0, 0.1) is 17.8 Å². The van der Waals surface area contributed by atoms with Gasteiger partial charge in [-0.15, -0.1) is 69.3 Å². The summed E-state index contributed by atoms with van der Waals surface area (Å²) in [5.41, 5.74) is 0. The van der Waals surface area contributed by atoms with Gasteiger partial charge in [-0.25, -0.2) is 0 Å². The van der Waals surface area contributed by atoms with Gasteiger partial charge in [0.1, 0.15) is 0 Å². The molecule has 0 aliphatic carbocycles. The maximum Gasteiger partial charge on any atom is 0.0626 e.